The van der Waals surface area contributed by atoms with Crippen LogP contribution in [0.5, 0.6) is 5.75 Å². The molecular formula is C26H33N3O5S. The molecule has 188 valence electrons. The topological polar surface area (TPSA) is 87.2 Å². The van der Waals surface area contributed by atoms with Crippen LogP contribution in [0, 0.1) is 13.8 Å². The first-order chi connectivity index (χ1) is 16.7. The van der Waals surface area contributed by atoms with Crippen LogP contribution in [0.15, 0.2) is 41.3 Å². The van der Waals surface area contributed by atoms with Gasteiger partial charge in [0.25, 0.3) is 0 Å². The van der Waals surface area contributed by atoms with Crippen molar-refractivity contribution in [3.8, 4) is 5.75 Å². The van der Waals surface area contributed by atoms with Crippen molar-refractivity contribution < 1.29 is 22.7 Å². The minimum absolute atomic E-state index is 0.0389. The molecular weight excluding hydrogens is 466 g/mol. The Hall–Kier alpha value is -2.91. The standard InChI is InChI=1S/C26H33N3O5S/c1-19-4-5-20(2)24(16-19)35(32,33)29-14-12-27(13-15-29)25(30)8-9-26(31)28-11-10-21-6-7-23(34-3)17-22(21)18-28/h4-7,16-17H,8-15,18H2,1-3H3. The summed E-state index contributed by atoms with van der Waals surface area (Å²) in [5.41, 5.74) is 3.91. The van der Waals surface area contributed by atoms with E-state index in [-0.39, 0.29) is 37.7 Å². The molecule has 1 saturated heterocycles. The van der Waals surface area contributed by atoms with Gasteiger partial charge in [0.15, 0.2) is 0 Å². The number of hydrogen-bond acceptors (Lipinski definition) is 5. The Balaban J connectivity index is 1.28. The SMILES string of the molecule is COc1ccc2c(c1)CN(C(=O)CCC(=O)N1CCN(S(=O)(=O)c3cc(C)ccc3C)CC1)CC2. The summed E-state index contributed by atoms with van der Waals surface area (Å²) in [6, 6.07) is 11.3. The van der Waals surface area contributed by atoms with Crippen LogP contribution in [0.3, 0.4) is 0 Å². The molecule has 0 saturated carbocycles. The number of aryl methyl sites for hydroxylation is 2. The van der Waals surface area contributed by atoms with Gasteiger partial charge in [-0.3, -0.25) is 9.59 Å². The Bertz CT molecular complexity index is 1220. The van der Waals surface area contributed by atoms with Gasteiger partial charge in [0.2, 0.25) is 21.8 Å². The van der Waals surface area contributed by atoms with Gasteiger partial charge in [-0.25, -0.2) is 8.42 Å². The molecule has 0 aliphatic carbocycles. The Morgan fingerprint density at radius 3 is 2.23 bits per heavy atom. The van der Waals surface area contributed by atoms with Gasteiger partial charge in [-0.2, -0.15) is 4.31 Å². The molecule has 9 heteroatoms. The lowest BCUT2D eigenvalue weighted by Crippen LogP contribution is -2.50. The Morgan fingerprint density at radius 1 is 0.857 bits per heavy atom. The summed E-state index contributed by atoms with van der Waals surface area (Å²) in [4.78, 5) is 29.3. The van der Waals surface area contributed by atoms with Gasteiger partial charge in [0, 0.05) is 52.1 Å². The minimum atomic E-state index is -3.61. The highest BCUT2D eigenvalue weighted by atomic mass is 32.2. The molecule has 0 spiro atoms. The van der Waals surface area contributed by atoms with Crippen LogP contribution in [-0.4, -0.2) is 74.2 Å². The summed E-state index contributed by atoms with van der Waals surface area (Å²) in [7, 11) is -1.99. The van der Waals surface area contributed by atoms with Gasteiger partial charge in [-0.05, 0) is 60.7 Å². The number of methoxy groups -OCH3 is 1. The lowest BCUT2D eigenvalue weighted by molar-refractivity contribution is -0.138. The molecule has 2 aliphatic rings. The predicted octanol–water partition coefficient (Wildman–Crippen LogP) is 2.51. The average Bonchev–Trinajstić information content (AvgIpc) is 2.87. The van der Waals surface area contributed by atoms with E-state index < -0.39 is 10.0 Å². The van der Waals surface area contributed by atoms with Gasteiger partial charge >= 0.3 is 0 Å². The van der Waals surface area contributed by atoms with Gasteiger partial charge in [-0.15, -0.1) is 0 Å². The van der Waals surface area contributed by atoms with E-state index in [2.05, 4.69) is 0 Å². The highest BCUT2D eigenvalue weighted by Crippen LogP contribution is 2.25. The Kier molecular flexibility index (Phi) is 7.47. The summed E-state index contributed by atoms with van der Waals surface area (Å²) in [5, 5.41) is 0. The van der Waals surface area contributed by atoms with E-state index in [1.54, 1.807) is 29.9 Å². The molecule has 2 amide bonds. The lowest BCUT2D eigenvalue weighted by atomic mass is 9.99. The van der Waals surface area contributed by atoms with Crippen molar-refractivity contribution >= 4 is 21.8 Å². The fourth-order valence-corrected chi connectivity index (χ4v) is 6.44. The third kappa shape index (κ3) is 5.51. The fraction of sp³-hybridized carbons (Fsp3) is 0.462. The van der Waals surface area contributed by atoms with Crippen LogP contribution in [0.4, 0.5) is 0 Å². The third-order valence-electron chi connectivity index (χ3n) is 6.88. The second-order valence-electron chi connectivity index (χ2n) is 9.25. The smallest absolute Gasteiger partial charge is 0.243 e. The molecule has 4 rings (SSSR count). The number of carbonyl (C=O) groups excluding carboxylic acids is 2. The van der Waals surface area contributed by atoms with Gasteiger partial charge in [0.1, 0.15) is 5.75 Å². The zero-order chi connectivity index (χ0) is 25.2. The Morgan fingerprint density at radius 2 is 1.54 bits per heavy atom. The van der Waals surface area contributed by atoms with E-state index >= 15 is 0 Å². The van der Waals surface area contributed by atoms with Crippen LogP contribution >= 0.6 is 0 Å². The molecule has 2 aromatic rings. The second kappa shape index (κ2) is 10.4. The van der Waals surface area contributed by atoms with Crippen molar-refractivity contribution in [1.82, 2.24) is 14.1 Å². The fourth-order valence-electron chi connectivity index (χ4n) is 4.71. The molecule has 1 fully saturated rings. The van der Waals surface area contributed by atoms with Gasteiger partial charge < -0.3 is 14.5 Å². The summed E-state index contributed by atoms with van der Waals surface area (Å²) in [6.07, 6.45) is 1.07. The second-order valence-corrected chi connectivity index (χ2v) is 11.2. The quantitative estimate of drug-likeness (QED) is 0.610. The van der Waals surface area contributed by atoms with E-state index in [4.69, 9.17) is 4.74 Å². The van der Waals surface area contributed by atoms with Crippen LogP contribution in [0.1, 0.15) is 35.1 Å². The predicted molar refractivity (Wildman–Crippen MR) is 133 cm³/mol. The first-order valence-corrected chi connectivity index (χ1v) is 13.4. The van der Waals surface area contributed by atoms with Crippen molar-refractivity contribution in [2.45, 2.75) is 44.6 Å². The highest BCUT2D eigenvalue weighted by Gasteiger charge is 2.31. The number of fused-ring (bicyclic) bond motifs is 1. The molecule has 0 N–H and O–H groups in total. The van der Waals surface area contributed by atoms with Crippen molar-refractivity contribution in [2.24, 2.45) is 0 Å². The van der Waals surface area contributed by atoms with Gasteiger partial charge in [-0.1, -0.05) is 18.2 Å². The monoisotopic (exact) mass is 499 g/mol. The van der Waals surface area contributed by atoms with E-state index in [9.17, 15) is 18.0 Å². The number of ether oxygens (including phenoxy) is 1. The zero-order valence-corrected chi connectivity index (χ0v) is 21.4. The molecule has 35 heavy (non-hydrogen) atoms. The third-order valence-corrected chi connectivity index (χ3v) is 8.92. The number of piperazine rings is 1. The largest absolute Gasteiger partial charge is 0.497 e. The average molecular weight is 500 g/mol. The molecule has 0 radical (unpaired) electrons. The maximum atomic E-state index is 13.1. The molecule has 2 aromatic carbocycles. The molecule has 0 aromatic heterocycles. The molecule has 8 nitrogen and oxygen atoms in total. The Labute approximate surface area is 207 Å². The maximum Gasteiger partial charge on any atom is 0.243 e. The molecule has 0 bridgehead atoms. The van der Waals surface area contributed by atoms with Crippen LogP contribution in [0.25, 0.3) is 0 Å². The number of hydrogen-bond donors (Lipinski definition) is 0. The zero-order valence-electron chi connectivity index (χ0n) is 20.6. The van der Waals surface area contributed by atoms with Crippen molar-refractivity contribution in [2.75, 3.05) is 39.8 Å². The first kappa shape index (κ1) is 25.2. The normalized spacial score (nSPS) is 16.7. The molecule has 2 aliphatic heterocycles. The van der Waals surface area contributed by atoms with Crippen LogP contribution in [-0.2, 0) is 32.6 Å². The minimum Gasteiger partial charge on any atom is -0.497 e. The van der Waals surface area contributed by atoms with E-state index in [1.807, 2.05) is 37.3 Å². The van der Waals surface area contributed by atoms with Gasteiger partial charge in [0.05, 0.1) is 12.0 Å². The number of benzene rings is 2. The molecule has 2 heterocycles. The lowest BCUT2D eigenvalue weighted by Gasteiger charge is -2.34. The van der Waals surface area contributed by atoms with Crippen molar-refractivity contribution in [1.29, 1.82) is 0 Å². The first-order valence-electron chi connectivity index (χ1n) is 12.0. The summed E-state index contributed by atoms with van der Waals surface area (Å²) in [5.74, 6) is 0.621. The summed E-state index contributed by atoms with van der Waals surface area (Å²) >= 11 is 0. The van der Waals surface area contributed by atoms with Crippen LogP contribution < -0.4 is 4.74 Å². The summed E-state index contributed by atoms with van der Waals surface area (Å²) in [6.45, 7) is 5.98. The van der Waals surface area contributed by atoms with Crippen molar-refractivity contribution in [3.05, 3.63) is 58.7 Å². The molecule has 0 atom stereocenters. The number of sulfonamides is 1. The molecule has 0 unspecified atom stereocenters. The van der Waals surface area contributed by atoms with Crippen LogP contribution in [0.2, 0.25) is 0 Å². The van der Waals surface area contributed by atoms with E-state index in [1.165, 1.54) is 9.87 Å². The maximum absolute atomic E-state index is 13.1. The van der Waals surface area contributed by atoms with E-state index in [0.717, 1.165) is 23.3 Å². The number of nitrogens with zero attached hydrogens (tertiary/aromatic N) is 3. The number of rotatable bonds is 6. The van der Waals surface area contributed by atoms with E-state index in [0.29, 0.717) is 36.6 Å². The number of amides is 2. The van der Waals surface area contributed by atoms with Crippen molar-refractivity contribution in [3.63, 3.8) is 0 Å². The highest BCUT2D eigenvalue weighted by molar-refractivity contribution is 7.89. The number of carbonyl (C=O) groups is 2. The summed E-state index contributed by atoms with van der Waals surface area (Å²) < 4.78 is 33.0.